The lowest BCUT2D eigenvalue weighted by Gasteiger charge is -2.07. The molecule has 0 unspecified atom stereocenters. The Morgan fingerprint density at radius 2 is 2.21 bits per heavy atom. The summed E-state index contributed by atoms with van der Waals surface area (Å²) >= 11 is 3.51. The predicted molar refractivity (Wildman–Crippen MR) is 62.3 cm³/mol. The first-order valence-corrected chi connectivity index (χ1v) is 5.60. The fourth-order valence-corrected chi connectivity index (χ4v) is 1.65. The van der Waals surface area contributed by atoms with Gasteiger partial charge in [-0.05, 0) is 31.5 Å². The van der Waals surface area contributed by atoms with Crippen molar-refractivity contribution < 1.29 is 5.11 Å². The first-order valence-electron chi connectivity index (χ1n) is 4.80. The highest BCUT2D eigenvalue weighted by Gasteiger charge is 1.98. The highest BCUT2D eigenvalue weighted by molar-refractivity contribution is 9.10. The molecule has 3 heteroatoms. The summed E-state index contributed by atoms with van der Waals surface area (Å²) in [5.41, 5.74) is 2.54. The van der Waals surface area contributed by atoms with Gasteiger partial charge in [0.1, 0.15) is 0 Å². The van der Waals surface area contributed by atoms with Crippen molar-refractivity contribution in [2.45, 2.75) is 19.9 Å². The summed E-state index contributed by atoms with van der Waals surface area (Å²) in [6.45, 7) is 4.05. The standard InChI is InChI=1S/C11H16BrNO/c1-9-3-4-11(12)10(7-9)8-13-5-2-6-14/h3-4,7,13-14H,2,5-6,8H2,1H3. The largest absolute Gasteiger partial charge is 0.396 e. The Morgan fingerprint density at radius 3 is 2.93 bits per heavy atom. The van der Waals surface area contributed by atoms with Crippen molar-refractivity contribution >= 4 is 15.9 Å². The lowest BCUT2D eigenvalue weighted by molar-refractivity contribution is 0.286. The highest BCUT2D eigenvalue weighted by atomic mass is 79.9. The van der Waals surface area contributed by atoms with Gasteiger partial charge in [0.15, 0.2) is 0 Å². The van der Waals surface area contributed by atoms with E-state index in [0.29, 0.717) is 0 Å². The molecule has 0 heterocycles. The Labute approximate surface area is 93.5 Å². The summed E-state index contributed by atoms with van der Waals surface area (Å²) in [4.78, 5) is 0. The first kappa shape index (κ1) is 11.7. The number of rotatable bonds is 5. The van der Waals surface area contributed by atoms with Gasteiger partial charge in [-0.15, -0.1) is 0 Å². The van der Waals surface area contributed by atoms with Gasteiger partial charge in [0.2, 0.25) is 0 Å². The summed E-state index contributed by atoms with van der Waals surface area (Å²) in [6, 6.07) is 6.32. The molecule has 14 heavy (non-hydrogen) atoms. The van der Waals surface area contributed by atoms with E-state index in [1.54, 1.807) is 0 Å². The first-order chi connectivity index (χ1) is 6.74. The highest BCUT2D eigenvalue weighted by Crippen LogP contribution is 2.17. The molecule has 1 rings (SSSR count). The maximum atomic E-state index is 8.61. The molecule has 0 bridgehead atoms. The fraction of sp³-hybridized carbons (Fsp3) is 0.455. The van der Waals surface area contributed by atoms with E-state index in [0.717, 1.165) is 24.0 Å². The van der Waals surface area contributed by atoms with Crippen LogP contribution < -0.4 is 5.32 Å². The number of aliphatic hydroxyl groups is 1. The quantitative estimate of drug-likeness (QED) is 0.794. The van der Waals surface area contributed by atoms with Gasteiger partial charge >= 0.3 is 0 Å². The SMILES string of the molecule is Cc1ccc(Br)c(CNCCCO)c1. The van der Waals surface area contributed by atoms with Gasteiger partial charge in [0.25, 0.3) is 0 Å². The van der Waals surface area contributed by atoms with Crippen LogP contribution in [-0.4, -0.2) is 18.3 Å². The zero-order valence-electron chi connectivity index (χ0n) is 8.39. The van der Waals surface area contributed by atoms with E-state index in [9.17, 15) is 0 Å². The maximum absolute atomic E-state index is 8.61. The lowest BCUT2D eigenvalue weighted by Crippen LogP contribution is -2.16. The molecule has 0 aromatic heterocycles. The Morgan fingerprint density at radius 1 is 1.43 bits per heavy atom. The number of nitrogens with one attached hydrogen (secondary N) is 1. The zero-order chi connectivity index (χ0) is 10.4. The van der Waals surface area contributed by atoms with Crippen molar-refractivity contribution in [2.75, 3.05) is 13.2 Å². The molecule has 0 aliphatic rings. The van der Waals surface area contributed by atoms with E-state index in [1.165, 1.54) is 11.1 Å². The third-order valence-corrected chi connectivity index (χ3v) is 2.80. The van der Waals surface area contributed by atoms with Crippen LogP contribution >= 0.6 is 15.9 Å². The van der Waals surface area contributed by atoms with Crippen LogP contribution in [-0.2, 0) is 6.54 Å². The minimum atomic E-state index is 0.252. The van der Waals surface area contributed by atoms with Gasteiger partial charge in [0, 0.05) is 17.6 Å². The van der Waals surface area contributed by atoms with Gasteiger partial charge < -0.3 is 10.4 Å². The Hall–Kier alpha value is -0.380. The van der Waals surface area contributed by atoms with Gasteiger partial charge in [0.05, 0.1) is 0 Å². The topological polar surface area (TPSA) is 32.3 Å². The normalized spacial score (nSPS) is 10.5. The van der Waals surface area contributed by atoms with Crippen LogP contribution in [0.4, 0.5) is 0 Å². The van der Waals surface area contributed by atoms with Crippen molar-refractivity contribution in [1.82, 2.24) is 5.32 Å². The van der Waals surface area contributed by atoms with Crippen LogP contribution in [0.5, 0.6) is 0 Å². The van der Waals surface area contributed by atoms with Crippen molar-refractivity contribution in [3.05, 3.63) is 33.8 Å². The molecule has 0 spiro atoms. The third kappa shape index (κ3) is 3.78. The van der Waals surface area contributed by atoms with Crippen LogP contribution in [0.2, 0.25) is 0 Å². The number of aryl methyl sites for hydroxylation is 1. The number of hydrogen-bond donors (Lipinski definition) is 2. The average Bonchev–Trinajstić information content (AvgIpc) is 2.18. The van der Waals surface area contributed by atoms with Crippen LogP contribution in [0.15, 0.2) is 22.7 Å². The molecular weight excluding hydrogens is 242 g/mol. The molecule has 0 saturated heterocycles. The molecule has 2 N–H and O–H groups in total. The molecule has 0 aliphatic heterocycles. The fourth-order valence-electron chi connectivity index (χ4n) is 1.27. The molecule has 2 nitrogen and oxygen atoms in total. The Kier molecular flexibility index (Phi) is 5.15. The molecule has 0 radical (unpaired) electrons. The summed E-state index contributed by atoms with van der Waals surface area (Å²) in [5.74, 6) is 0. The second-order valence-electron chi connectivity index (χ2n) is 3.35. The Bertz CT molecular complexity index is 289. The molecule has 0 saturated carbocycles. The molecule has 1 aromatic carbocycles. The molecular formula is C11H16BrNO. The van der Waals surface area contributed by atoms with Crippen molar-refractivity contribution in [2.24, 2.45) is 0 Å². The van der Waals surface area contributed by atoms with Gasteiger partial charge in [-0.1, -0.05) is 33.6 Å². The van der Waals surface area contributed by atoms with Crippen LogP contribution in [0.3, 0.4) is 0 Å². The lowest BCUT2D eigenvalue weighted by atomic mass is 10.1. The number of benzene rings is 1. The van der Waals surface area contributed by atoms with Crippen molar-refractivity contribution in [3.8, 4) is 0 Å². The Balaban J connectivity index is 2.45. The smallest absolute Gasteiger partial charge is 0.0443 e. The summed E-state index contributed by atoms with van der Waals surface area (Å²) < 4.78 is 1.14. The van der Waals surface area contributed by atoms with E-state index in [-0.39, 0.29) is 6.61 Å². The molecule has 1 aromatic rings. The summed E-state index contributed by atoms with van der Waals surface area (Å²) in [6.07, 6.45) is 0.809. The van der Waals surface area contributed by atoms with E-state index in [1.807, 2.05) is 0 Å². The van der Waals surface area contributed by atoms with Gasteiger partial charge in [-0.2, -0.15) is 0 Å². The van der Waals surface area contributed by atoms with Crippen LogP contribution in [0.1, 0.15) is 17.5 Å². The molecule has 0 aliphatic carbocycles. The van der Waals surface area contributed by atoms with Gasteiger partial charge in [-0.3, -0.25) is 0 Å². The minimum absolute atomic E-state index is 0.252. The molecule has 78 valence electrons. The number of aliphatic hydroxyl groups excluding tert-OH is 1. The van der Waals surface area contributed by atoms with E-state index < -0.39 is 0 Å². The second kappa shape index (κ2) is 6.17. The minimum Gasteiger partial charge on any atom is -0.396 e. The number of hydrogen-bond acceptors (Lipinski definition) is 2. The van der Waals surface area contributed by atoms with E-state index in [4.69, 9.17) is 5.11 Å². The van der Waals surface area contributed by atoms with Crippen LogP contribution in [0.25, 0.3) is 0 Å². The molecule has 0 fully saturated rings. The summed E-state index contributed by atoms with van der Waals surface area (Å²) in [5, 5.41) is 11.9. The van der Waals surface area contributed by atoms with Crippen LogP contribution in [0, 0.1) is 6.92 Å². The van der Waals surface area contributed by atoms with Crippen molar-refractivity contribution in [3.63, 3.8) is 0 Å². The summed E-state index contributed by atoms with van der Waals surface area (Å²) in [7, 11) is 0. The maximum Gasteiger partial charge on any atom is 0.0443 e. The molecule has 0 amide bonds. The zero-order valence-corrected chi connectivity index (χ0v) is 9.97. The predicted octanol–water partition coefficient (Wildman–Crippen LogP) is 2.23. The van der Waals surface area contributed by atoms with Gasteiger partial charge in [-0.25, -0.2) is 0 Å². The van der Waals surface area contributed by atoms with E-state index >= 15 is 0 Å². The monoisotopic (exact) mass is 257 g/mol. The molecule has 0 atom stereocenters. The van der Waals surface area contributed by atoms with E-state index in [2.05, 4.69) is 46.4 Å². The third-order valence-electron chi connectivity index (χ3n) is 2.03. The second-order valence-corrected chi connectivity index (χ2v) is 4.20. The average molecular weight is 258 g/mol. The number of halogens is 1. The van der Waals surface area contributed by atoms with Crippen molar-refractivity contribution in [1.29, 1.82) is 0 Å².